The topological polar surface area (TPSA) is 148 Å². The Labute approximate surface area is 261 Å². The fourth-order valence-electron chi connectivity index (χ4n) is 6.79. The van der Waals surface area contributed by atoms with Crippen LogP contribution in [-0.4, -0.2) is 75.6 Å². The standard InChI is InChI=1S/C31H39N8O4S/c1-5-26(40)38-14-10-20(11-15-38)42-25-16-24(41-19(2)22-8-7-13-37(22)4)35-30(36-25)39-18-34-29(43-39)31(3)12-6-9-23-27(31)21(17-32)28(33)44-23/h5,16,18-20,22H,1,6-15,33H2,2-4H3/q+1/t19-,22-,31-/m0/s1. The lowest BCUT2D eigenvalue weighted by Gasteiger charge is -2.31. The maximum Gasteiger partial charge on any atom is 0.428 e. The van der Waals surface area contributed by atoms with Gasteiger partial charge in [-0.1, -0.05) is 16.5 Å². The van der Waals surface area contributed by atoms with Crippen LogP contribution in [0.4, 0.5) is 5.00 Å². The van der Waals surface area contributed by atoms with E-state index in [0.29, 0.717) is 54.1 Å². The highest BCUT2D eigenvalue weighted by atomic mass is 32.1. The van der Waals surface area contributed by atoms with Crippen molar-refractivity contribution in [2.45, 2.75) is 82.5 Å². The SMILES string of the molecule is C=CC(=O)N1CCC(Oc2cc(O[C@@H](C)[C@@H]3CCCN3C)nc(-[n+]3cnc([C@@]4(C)CCCc5sc(N)c(C#N)c54)o3)n2)CC1. The summed E-state index contributed by atoms with van der Waals surface area (Å²) in [6.45, 7) is 9.90. The Bertz CT molecular complexity index is 1590. The van der Waals surface area contributed by atoms with Crippen molar-refractivity contribution < 1.29 is 23.5 Å². The fraction of sp³-hybridized carbons (Fsp3) is 0.548. The molecule has 2 fully saturated rings. The number of hydrogen-bond donors (Lipinski definition) is 1. The largest absolute Gasteiger partial charge is 0.465 e. The molecular weight excluding hydrogens is 580 g/mol. The Morgan fingerprint density at radius 2 is 2.07 bits per heavy atom. The number of hydrogen-bond acceptors (Lipinski definition) is 11. The molecule has 3 aromatic rings. The molecule has 12 nitrogen and oxygen atoms in total. The number of rotatable bonds is 8. The van der Waals surface area contributed by atoms with Crippen LogP contribution < -0.4 is 19.9 Å². The van der Waals surface area contributed by atoms with Crippen molar-refractivity contribution in [2.24, 2.45) is 0 Å². The number of carbonyl (C=O) groups is 1. The van der Waals surface area contributed by atoms with Crippen molar-refractivity contribution in [1.29, 1.82) is 5.26 Å². The van der Waals surface area contributed by atoms with Crippen molar-refractivity contribution in [2.75, 3.05) is 32.4 Å². The first-order chi connectivity index (χ1) is 21.2. The molecule has 0 saturated carbocycles. The lowest BCUT2D eigenvalue weighted by Crippen LogP contribution is -2.41. The quantitative estimate of drug-likeness (QED) is 0.294. The van der Waals surface area contributed by atoms with E-state index in [1.54, 1.807) is 17.3 Å². The third-order valence-electron chi connectivity index (χ3n) is 9.19. The van der Waals surface area contributed by atoms with Gasteiger partial charge in [-0.25, -0.2) is 0 Å². The zero-order valence-electron chi connectivity index (χ0n) is 25.5. The number of nitrogens with zero attached hydrogens (tertiary/aromatic N) is 7. The van der Waals surface area contributed by atoms with Crippen LogP contribution >= 0.6 is 11.3 Å². The number of nitriles is 1. The summed E-state index contributed by atoms with van der Waals surface area (Å²) in [6.07, 6.45) is 8.76. The van der Waals surface area contributed by atoms with Crippen molar-refractivity contribution in [3.05, 3.63) is 46.9 Å². The molecule has 1 aliphatic carbocycles. The van der Waals surface area contributed by atoms with Crippen LogP contribution in [-0.2, 0) is 16.6 Å². The summed E-state index contributed by atoms with van der Waals surface area (Å²) in [5.74, 6) is 1.36. The predicted octanol–water partition coefficient (Wildman–Crippen LogP) is 3.32. The van der Waals surface area contributed by atoms with Crippen LogP contribution in [0.25, 0.3) is 5.95 Å². The van der Waals surface area contributed by atoms with Crippen molar-refractivity contribution in [3.8, 4) is 23.8 Å². The van der Waals surface area contributed by atoms with Gasteiger partial charge in [-0.05, 0) is 70.4 Å². The molecule has 6 rings (SSSR count). The minimum Gasteiger partial charge on any atom is -0.465 e. The van der Waals surface area contributed by atoms with Crippen LogP contribution in [0.15, 0.2) is 29.6 Å². The highest BCUT2D eigenvalue weighted by molar-refractivity contribution is 7.16. The second-order valence-electron chi connectivity index (χ2n) is 12.1. The molecule has 0 bridgehead atoms. The van der Waals surface area contributed by atoms with Gasteiger partial charge in [0.15, 0.2) is 0 Å². The highest BCUT2D eigenvalue weighted by Gasteiger charge is 2.44. The minimum atomic E-state index is -0.621. The van der Waals surface area contributed by atoms with E-state index in [-0.39, 0.29) is 30.1 Å². The molecule has 3 aromatic heterocycles. The zero-order chi connectivity index (χ0) is 31.0. The summed E-state index contributed by atoms with van der Waals surface area (Å²) in [4.78, 5) is 31.3. The Balaban J connectivity index is 1.30. The van der Waals surface area contributed by atoms with Gasteiger partial charge in [0.05, 0.1) is 17.0 Å². The summed E-state index contributed by atoms with van der Waals surface area (Å²) < 4.78 is 20.5. The number of likely N-dealkylation sites (tertiary alicyclic amines) is 2. The molecule has 3 aliphatic rings. The molecule has 2 saturated heterocycles. The lowest BCUT2D eigenvalue weighted by atomic mass is 9.72. The molecule has 232 valence electrons. The van der Waals surface area contributed by atoms with E-state index in [0.717, 1.165) is 49.1 Å². The number of carbonyl (C=O) groups excluding carboxylic acids is 1. The summed E-state index contributed by atoms with van der Waals surface area (Å²) >= 11 is 1.47. The number of ether oxygens (including phenoxy) is 2. The number of piperidine rings is 1. The lowest BCUT2D eigenvalue weighted by molar-refractivity contribution is -0.792. The van der Waals surface area contributed by atoms with E-state index < -0.39 is 5.41 Å². The summed E-state index contributed by atoms with van der Waals surface area (Å²) in [6, 6.07) is 4.30. The van der Waals surface area contributed by atoms with E-state index in [4.69, 9.17) is 24.7 Å². The third-order valence-corrected chi connectivity index (χ3v) is 10.3. The van der Waals surface area contributed by atoms with Gasteiger partial charge in [-0.15, -0.1) is 16.3 Å². The first-order valence-electron chi connectivity index (χ1n) is 15.2. The maximum absolute atomic E-state index is 12.0. The average molecular weight is 620 g/mol. The number of fused-ring (bicyclic) bond motifs is 1. The molecule has 0 aromatic carbocycles. The summed E-state index contributed by atoms with van der Waals surface area (Å²) in [7, 11) is 2.11. The number of aromatic nitrogens is 4. The fourth-order valence-corrected chi connectivity index (χ4v) is 7.98. The second-order valence-corrected chi connectivity index (χ2v) is 13.2. The monoisotopic (exact) mass is 619 g/mol. The van der Waals surface area contributed by atoms with Gasteiger partial charge >= 0.3 is 5.95 Å². The first kappa shape index (κ1) is 30.0. The normalized spacial score (nSPS) is 23.1. The van der Waals surface area contributed by atoms with Crippen LogP contribution in [0.3, 0.4) is 0 Å². The van der Waals surface area contributed by atoms with Crippen LogP contribution in [0.5, 0.6) is 11.8 Å². The highest BCUT2D eigenvalue weighted by Crippen LogP contribution is 2.48. The number of likely N-dealkylation sites (N-methyl/N-ethyl adjacent to an activating group) is 1. The molecule has 13 heteroatoms. The molecule has 2 N–H and O–H groups in total. The van der Waals surface area contributed by atoms with Gasteiger partial charge < -0.3 is 20.1 Å². The van der Waals surface area contributed by atoms with E-state index in [2.05, 4.69) is 41.5 Å². The third kappa shape index (κ3) is 5.64. The minimum absolute atomic E-state index is 0.0716. The number of nitrogens with two attached hydrogens (primary N) is 1. The molecule has 0 spiro atoms. The maximum atomic E-state index is 12.0. The zero-order valence-corrected chi connectivity index (χ0v) is 26.3. The van der Waals surface area contributed by atoms with Gasteiger partial charge in [0.1, 0.15) is 23.3 Å². The summed E-state index contributed by atoms with van der Waals surface area (Å²) in [5, 5.41) is 10.4. The second kappa shape index (κ2) is 12.2. The van der Waals surface area contributed by atoms with Gasteiger partial charge in [0.25, 0.3) is 17.7 Å². The molecule has 2 aliphatic heterocycles. The smallest absolute Gasteiger partial charge is 0.428 e. The van der Waals surface area contributed by atoms with Crippen LogP contribution in [0.2, 0.25) is 0 Å². The van der Waals surface area contributed by atoms with E-state index in [1.165, 1.54) is 22.2 Å². The first-order valence-corrected chi connectivity index (χ1v) is 16.1. The number of anilines is 1. The Kier molecular flexibility index (Phi) is 8.30. The van der Waals surface area contributed by atoms with Gasteiger partial charge in [0.2, 0.25) is 12.2 Å². The average Bonchev–Trinajstić information content (AvgIpc) is 3.76. The Hall–Kier alpha value is -4.02. The van der Waals surface area contributed by atoms with E-state index in [9.17, 15) is 10.1 Å². The predicted molar refractivity (Wildman–Crippen MR) is 163 cm³/mol. The summed E-state index contributed by atoms with van der Waals surface area (Å²) in [5.41, 5.74) is 7.01. The van der Waals surface area contributed by atoms with Gasteiger partial charge in [0, 0.05) is 42.4 Å². The molecular formula is C31H39N8O4S+. The molecule has 5 heterocycles. The Morgan fingerprint density at radius 1 is 1.30 bits per heavy atom. The van der Waals surface area contributed by atoms with Crippen LogP contribution in [0, 0.1) is 11.3 Å². The Morgan fingerprint density at radius 3 is 2.77 bits per heavy atom. The van der Waals surface area contributed by atoms with Crippen molar-refractivity contribution in [3.63, 3.8) is 0 Å². The number of thiophene rings is 1. The molecule has 0 unspecified atom stereocenters. The van der Waals surface area contributed by atoms with E-state index >= 15 is 0 Å². The van der Waals surface area contributed by atoms with Gasteiger partial charge in [-0.3, -0.25) is 14.2 Å². The van der Waals surface area contributed by atoms with Crippen molar-refractivity contribution >= 4 is 22.2 Å². The van der Waals surface area contributed by atoms with E-state index in [1.807, 2.05) is 6.92 Å². The van der Waals surface area contributed by atoms with Crippen molar-refractivity contribution in [1.82, 2.24) is 24.8 Å². The van der Waals surface area contributed by atoms with Gasteiger partial charge in [-0.2, -0.15) is 5.26 Å². The molecule has 44 heavy (non-hydrogen) atoms. The van der Waals surface area contributed by atoms with Crippen LogP contribution in [0.1, 0.15) is 74.3 Å². The number of amides is 1. The number of aryl methyl sites for hydroxylation is 1. The molecule has 3 atom stereocenters. The molecule has 1 amide bonds. The molecule has 0 radical (unpaired) electrons. The number of nitrogen functional groups attached to an aromatic ring is 1.